The number of amides is 1. The van der Waals surface area contributed by atoms with E-state index in [1.165, 1.54) is 0 Å². The summed E-state index contributed by atoms with van der Waals surface area (Å²) in [7, 11) is 0. The predicted molar refractivity (Wildman–Crippen MR) is 66.6 cm³/mol. The number of carbonyl (C=O) groups is 1. The van der Waals surface area contributed by atoms with Gasteiger partial charge in [0.15, 0.2) is 0 Å². The molecule has 0 saturated carbocycles. The van der Waals surface area contributed by atoms with Crippen LogP contribution in [0.5, 0.6) is 0 Å². The molecule has 0 fully saturated rings. The average Bonchev–Trinajstić information content (AvgIpc) is 2.70. The fraction of sp³-hybridized carbons (Fsp3) is 0.636. The molecule has 0 aromatic carbocycles. The zero-order chi connectivity index (χ0) is 11.8. The van der Waals surface area contributed by atoms with Gasteiger partial charge in [-0.3, -0.25) is 4.79 Å². The minimum Gasteiger partial charge on any atom is -0.356 e. The first-order valence-electron chi connectivity index (χ1n) is 5.57. The lowest BCUT2D eigenvalue weighted by Crippen LogP contribution is -2.31. The van der Waals surface area contributed by atoms with Crippen molar-refractivity contribution in [3.05, 3.63) is 16.6 Å². The van der Waals surface area contributed by atoms with Crippen molar-refractivity contribution >= 4 is 17.2 Å². The first kappa shape index (κ1) is 13.1. The van der Waals surface area contributed by atoms with E-state index in [-0.39, 0.29) is 5.91 Å². The monoisotopic (exact) mass is 241 g/mol. The minimum atomic E-state index is 0.102. The number of thiazole rings is 1. The highest BCUT2D eigenvalue weighted by atomic mass is 32.1. The summed E-state index contributed by atoms with van der Waals surface area (Å²) in [4.78, 5) is 15.5. The average molecular weight is 241 g/mol. The molecule has 90 valence electrons. The van der Waals surface area contributed by atoms with Crippen LogP contribution in [-0.2, 0) is 11.2 Å². The first-order valence-corrected chi connectivity index (χ1v) is 6.45. The van der Waals surface area contributed by atoms with E-state index in [1.54, 1.807) is 17.5 Å². The van der Waals surface area contributed by atoms with Gasteiger partial charge in [-0.1, -0.05) is 13.8 Å². The van der Waals surface area contributed by atoms with Crippen LogP contribution >= 0.6 is 11.3 Å². The van der Waals surface area contributed by atoms with Gasteiger partial charge in [-0.2, -0.15) is 0 Å². The maximum atomic E-state index is 11.4. The molecule has 0 aliphatic rings. The van der Waals surface area contributed by atoms with E-state index >= 15 is 0 Å². The fourth-order valence-electron chi connectivity index (χ4n) is 1.25. The number of nitrogens with zero attached hydrogens (tertiary/aromatic N) is 1. The third-order valence-corrected chi connectivity index (χ3v) is 2.89. The van der Waals surface area contributed by atoms with E-state index in [1.807, 2.05) is 5.38 Å². The number of carbonyl (C=O) groups excluding carboxylic acids is 1. The van der Waals surface area contributed by atoms with Crippen molar-refractivity contribution in [2.24, 2.45) is 0 Å². The summed E-state index contributed by atoms with van der Waals surface area (Å²) in [6, 6.07) is 0.433. The van der Waals surface area contributed by atoms with Crippen LogP contribution in [0.4, 0.5) is 0 Å². The molecule has 1 heterocycles. The predicted octanol–water partition coefficient (Wildman–Crippen LogP) is 1.19. The Morgan fingerprint density at radius 2 is 2.31 bits per heavy atom. The van der Waals surface area contributed by atoms with E-state index < -0.39 is 0 Å². The molecule has 1 amide bonds. The summed E-state index contributed by atoms with van der Waals surface area (Å²) in [5, 5.41) is 9.11. The van der Waals surface area contributed by atoms with E-state index in [4.69, 9.17) is 0 Å². The zero-order valence-corrected chi connectivity index (χ0v) is 10.6. The van der Waals surface area contributed by atoms with Gasteiger partial charge in [0, 0.05) is 43.5 Å². The molecule has 1 rings (SSSR count). The van der Waals surface area contributed by atoms with Crippen molar-refractivity contribution in [3.63, 3.8) is 0 Å². The molecular weight excluding hydrogens is 222 g/mol. The normalized spacial score (nSPS) is 10.7. The van der Waals surface area contributed by atoms with Gasteiger partial charge < -0.3 is 10.6 Å². The molecule has 16 heavy (non-hydrogen) atoms. The van der Waals surface area contributed by atoms with Crippen molar-refractivity contribution < 1.29 is 4.79 Å². The van der Waals surface area contributed by atoms with Gasteiger partial charge in [0.2, 0.25) is 5.91 Å². The van der Waals surface area contributed by atoms with Crippen LogP contribution < -0.4 is 10.6 Å². The smallest absolute Gasteiger partial charge is 0.221 e. The first-order chi connectivity index (χ1) is 7.68. The highest BCUT2D eigenvalue weighted by Crippen LogP contribution is 2.03. The number of hydrogen-bond donors (Lipinski definition) is 2. The summed E-state index contributed by atoms with van der Waals surface area (Å²) in [6.07, 6.45) is 3.14. The zero-order valence-electron chi connectivity index (χ0n) is 9.82. The molecule has 2 N–H and O–H groups in total. The molecule has 0 saturated heterocycles. The number of rotatable bonds is 7. The summed E-state index contributed by atoms with van der Waals surface area (Å²) >= 11 is 1.62. The molecule has 5 heteroatoms. The number of aromatic nitrogens is 1. The summed E-state index contributed by atoms with van der Waals surface area (Å²) in [6.45, 7) is 5.55. The lowest BCUT2D eigenvalue weighted by atomic mass is 10.3. The lowest BCUT2D eigenvalue weighted by Gasteiger charge is -2.07. The lowest BCUT2D eigenvalue weighted by molar-refractivity contribution is -0.120. The Labute approximate surface area is 100 Å². The molecule has 0 aliphatic heterocycles. The Morgan fingerprint density at radius 3 is 2.94 bits per heavy atom. The molecule has 1 aromatic heterocycles. The van der Waals surface area contributed by atoms with Gasteiger partial charge in [-0.25, -0.2) is 4.98 Å². The summed E-state index contributed by atoms with van der Waals surface area (Å²) in [5.41, 5.74) is 0. The highest BCUT2D eigenvalue weighted by Gasteiger charge is 2.02. The largest absolute Gasteiger partial charge is 0.356 e. The van der Waals surface area contributed by atoms with E-state index in [0.29, 0.717) is 19.0 Å². The molecule has 0 bridgehead atoms. The maximum absolute atomic E-state index is 11.4. The van der Waals surface area contributed by atoms with Gasteiger partial charge >= 0.3 is 0 Å². The van der Waals surface area contributed by atoms with Crippen LogP contribution in [0.2, 0.25) is 0 Å². The molecule has 0 spiro atoms. The standard InChI is InChI=1S/C11H19N3OS/c1-9(2)12-5-3-10(15)13-6-4-11-14-7-8-16-11/h7-9,12H,3-6H2,1-2H3,(H,13,15). The van der Waals surface area contributed by atoms with Gasteiger partial charge in [-0.05, 0) is 0 Å². The van der Waals surface area contributed by atoms with E-state index in [2.05, 4.69) is 29.5 Å². The number of nitrogens with one attached hydrogen (secondary N) is 2. The van der Waals surface area contributed by atoms with Crippen LogP contribution in [0.15, 0.2) is 11.6 Å². The second-order valence-corrected chi connectivity index (χ2v) is 4.86. The number of hydrogen-bond acceptors (Lipinski definition) is 4. The van der Waals surface area contributed by atoms with Crippen molar-refractivity contribution in [3.8, 4) is 0 Å². The Balaban J connectivity index is 2.02. The third-order valence-electron chi connectivity index (χ3n) is 2.05. The second kappa shape index (κ2) is 7.35. The van der Waals surface area contributed by atoms with Crippen LogP contribution in [0, 0.1) is 0 Å². The van der Waals surface area contributed by atoms with Crippen LogP contribution in [-0.4, -0.2) is 30.0 Å². The Morgan fingerprint density at radius 1 is 1.50 bits per heavy atom. The van der Waals surface area contributed by atoms with E-state index in [0.717, 1.165) is 18.0 Å². The Hall–Kier alpha value is -0.940. The fourth-order valence-corrected chi connectivity index (χ4v) is 1.87. The Kier molecular flexibility index (Phi) is 6.03. The SMILES string of the molecule is CC(C)NCCC(=O)NCCc1nccs1. The second-order valence-electron chi connectivity index (χ2n) is 3.88. The molecule has 0 radical (unpaired) electrons. The van der Waals surface area contributed by atoms with E-state index in [9.17, 15) is 4.79 Å². The molecule has 4 nitrogen and oxygen atoms in total. The van der Waals surface area contributed by atoms with Crippen LogP contribution in [0.1, 0.15) is 25.3 Å². The maximum Gasteiger partial charge on any atom is 0.221 e. The van der Waals surface area contributed by atoms with Crippen molar-refractivity contribution in [1.29, 1.82) is 0 Å². The van der Waals surface area contributed by atoms with Crippen molar-refractivity contribution in [2.75, 3.05) is 13.1 Å². The quantitative estimate of drug-likeness (QED) is 0.754. The molecule has 1 aromatic rings. The molecule has 0 atom stereocenters. The van der Waals surface area contributed by atoms with Crippen molar-refractivity contribution in [2.45, 2.75) is 32.7 Å². The summed E-state index contributed by atoms with van der Waals surface area (Å²) in [5.74, 6) is 0.102. The van der Waals surface area contributed by atoms with Gasteiger partial charge in [0.1, 0.15) is 0 Å². The highest BCUT2D eigenvalue weighted by molar-refractivity contribution is 7.09. The molecule has 0 unspecified atom stereocenters. The molecule has 0 aliphatic carbocycles. The third kappa shape index (κ3) is 5.82. The van der Waals surface area contributed by atoms with Gasteiger partial charge in [0.25, 0.3) is 0 Å². The van der Waals surface area contributed by atoms with Crippen LogP contribution in [0.25, 0.3) is 0 Å². The molecular formula is C11H19N3OS. The van der Waals surface area contributed by atoms with Crippen molar-refractivity contribution in [1.82, 2.24) is 15.6 Å². The van der Waals surface area contributed by atoms with Crippen LogP contribution in [0.3, 0.4) is 0 Å². The Bertz CT molecular complexity index is 298. The minimum absolute atomic E-state index is 0.102. The van der Waals surface area contributed by atoms with Gasteiger partial charge in [-0.15, -0.1) is 11.3 Å². The topological polar surface area (TPSA) is 54.0 Å². The van der Waals surface area contributed by atoms with Gasteiger partial charge in [0.05, 0.1) is 5.01 Å². The summed E-state index contributed by atoms with van der Waals surface area (Å²) < 4.78 is 0.